The molecule has 0 aromatic heterocycles. The first kappa shape index (κ1) is 14.0. The van der Waals surface area contributed by atoms with E-state index in [9.17, 15) is 4.79 Å². The lowest BCUT2D eigenvalue weighted by atomic mass is 10.00. The molecule has 0 aliphatic carbocycles. The zero-order chi connectivity index (χ0) is 13.8. The van der Waals surface area contributed by atoms with Crippen LogP contribution >= 0.6 is 0 Å². The lowest BCUT2D eigenvalue weighted by Crippen LogP contribution is -2.49. The minimum Gasteiger partial charge on any atom is -0.496 e. The number of piperazine rings is 1. The number of ketones is 1. The minimum atomic E-state index is 0.200. The Morgan fingerprint density at radius 2 is 2.32 bits per heavy atom. The molecule has 19 heavy (non-hydrogen) atoms. The first-order valence-electron chi connectivity index (χ1n) is 6.70. The van der Waals surface area contributed by atoms with Crippen molar-refractivity contribution < 1.29 is 9.53 Å². The number of hydrogen-bond acceptors (Lipinski definition) is 4. The number of benzene rings is 1. The normalized spacial score (nSPS) is 20.3. The monoisotopic (exact) mass is 262 g/mol. The summed E-state index contributed by atoms with van der Waals surface area (Å²) in [6.07, 6.45) is 0.565. The summed E-state index contributed by atoms with van der Waals surface area (Å²) in [5.41, 5.74) is 1.78. The van der Waals surface area contributed by atoms with Crippen LogP contribution in [0, 0.1) is 6.92 Å². The topological polar surface area (TPSA) is 41.6 Å². The van der Waals surface area contributed by atoms with Gasteiger partial charge in [-0.3, -0.25) is 4.79 Å². The van der Waals surface area contributed by atoms with Crippen molar-refractivity contribution in [2.75, 3.05) is 33.8 Å². The van der Waals surface area contributed by atoms with E-state index in [-0.39, 0.29) is 5.78 Å². The molecule has 1 aliphatic rings. The van der Waals surface area contributed by atoms with Gasteiger partial charge in [0.05, 0.1) is 7.11 Å². The highest BCUT2D eigenvalue weighted by molar-refractivity contribution is 5.96. The van der Waals surface area contributed by atoms with E-state index < -0.39 is 0 Å². The molecule has 1 unspecified atom stereocenters. The van der Waals surface area contributed by atoms with Gasteiger partial charge in [0.2, 0.25) is 0 Å². The van der Waals surface area contributed by atoms with E-state index in [0.717, 1.165) is 36.5 Å². The zero-order valence-corrected chi connectivity index (χ0v) is 11.9. The number of carbonyl (C=O) groups excluding carboxylic acids is 1. The molecule has 1 fully saturated rings. The lowest BCUT2D eigenvalue weighted by molar-refractivity contribution is 0.0917. The molecule has 0 bridgehead atoms. The smallest absolute Gasteiger partial charge is 0.164 e. The number of methoxy groups -OCH3 is 1. The fraction of sp³-hybridized carbons (Fsp3) is 0.533. The maximum absolute atomic E-state index is 12.3. The largest absolute Gasteiger partial charge is 0.496 e. The molecule has 4 nitrogen and oxygen atoms in total. The molecule has 1 aromatic carbocycles. The van der Waals surface area contributed by atoms with Gasteiger partial charge in [-0.2, -0.15) is 0 Å². The molecule has 1 N–H and O–H groups in total. The Balaban J connectivity index is 2.05. The van der Waals surface area contributed by atoms with E-state index in [0.29, 0.717) is 12.5 Å². The average Bonchev–Trinajstić information content (AvgIpc) is 2.41. The Hall–Kier alpha value is -1.39. The number of aryl methyl sites for hydroxylation is 1. The van der Waals surface area contributed by atoms with E-state index >= 15 is 0 Å². The quantitative estimate of drug-likeness (QED) is 0.835. The molecule has 0 radical (unpaired) electrons. The summed E-state index contributed by atoms with van der Waals surface area (Å²) in [4.78, 5) is 14.6. The summed E-state index contributed by atoms with van der Waals surface area (Å²) >= 11 is 0. The van der Waals surface area contributed by atoms with E-state index in [1.54, 1.807) is 7.11 Å². The number of nitrogens with one attached hydrogen (secondary N) is 1. The van der Waals surface area contributed by atoms with Gasteiger partial charge < -0.3 is 15.0 Å². The SMILES string of the molecule is COc1ccc(C(=O)CC2CNCCN2C)cc1C. The first-order valence-corrected chi connectivity index (χ1v) is 6.70. The molecular formula is C15H22N2O2. The van der Waals surface area contributed by atoms with E-state index in [2.05, 4.69) is 17.3 Å². The van der Waals surface area contributed by atoms with E-state index in [1.165, 1.54) is 0 Å². The van der Waals surface area contributed by atoms with Crippen LogP contribution in [0.3, 0.4) is 0 Å². The van der Waals surface area contributed by atoms with Gasteiger partial charge in [-0.25, -0.2) is 0 Å². The second-order valence-electron chi connectivity index (χ2n) is 5.15. The maximum Gasteiger partial charge on any atom is 0.164 e. The van der Waals surface area contributed by atoms with Gasteiger partial charge in [-0.15, -0.1) is 0 Å². The summed E-state index contributed by atoms with van der Waals surface area (Å²) in [6, 6.07) is 5.93. The molecule has 0 saturated carbocycles. The molecular weight excluding hydrogens is 240 g/mol. The third-order valence-electron chi connectivity index (χ3n) is 3.78. The van der Waals surface area contributed by atoms with Crippen LogP contribution in [0.4, 0.5) is 0 Å². The van der Waals surface area contributed by atoms with Crippen LogP contribution in [0.15, 0.2) is 18.2 Å². The number of Topliss-reactive ketones (excluding diaryl/α,β-unsaturated/α-hetero) is 1. The minimum absolute atomic E-state index is 0.200. The second kappa shape index (κ2) is 6.17. The van der Waals surface area contributed by atoms with Crippen molar-refractivity contribution in [3.8, 4) is 5.75 Å². The van der Waals surface area contributed by atoms with Crippen molar-refractivity contribution in [2.24, 2.45) is 0 Å². The van der Waals surface area contributed by atoms with Crippen molar-refractivity contribution in [1.29, 1.82) is 0 Å². The van der Waals surface area contributed by atoms with Gasteiger partial charge in [0.15, 0.2) is 5.78 Å². The molecule has 1 saturated heterocycles. The number of carbonyl (C=O) groups is 1. The fourth-order valence-electron chi connectivity index (χ4n) is 2.47. The average molecular weight is 262 g/mol. The molecule has 1 aromatic rings. The molecule has 2 rings (SSSR count). The van der Waals surface area contributed by atoms with Crippen molar-refractivity contribution in [2.45, 2.75) is 19.4 Å². The number of likely N-dealkylation sites (N-methyl/N-ethyl adjacent to an activating group) is 1. The number of hydrogen-bond donors (Lipinski definition) is 1. The summed E-state index contributed by atoms with van der Waals surface area (Å²) in [5, 5.41) is 3.34. The van der Waals surface area contributed by atoms with Crippen LogP contribution in [-0.4, -0.2) is 50.5 Å². The molecule has 1 atom stereocenters. The number of ether oxygens (including phenoxy) is 1. The molecule has 0 spiro atoms. The van der Waals surface area contributed by atoms with Gasteiger partial charge in [0, 0.05) is 37.7 Å². The molecule has 104 valence electrons. The highest BCUT2D eigenvalue weighted by Gasteiger charge is 2.22. The molecule has 4 heteroatoms. The van der Waals surface area contributed by atoms with Crippen molar-refractivity contribution >= 4 is 5.78 Å². The lowest BCUT2D eigenvalue weighted by Gasteiger charge is -2.32. The van der Waals surface area contributed by atoms with Crippen molar-refractivity contribution in [3.63, 3.8) is 0 Å². The Labute approximate surface area is 114 Å². The fourth-order valence-corrected chi connectivity index (χ4v) is 2.47. The van der Waals surface area contributed by atoms with Gasteiger partial charge in [-0.1, -0.05) is 0 Å². The molecule has 1 heterocycles. The molecule has 1 aliphatic heterocycles. The van der Waals surface area contributed by atoms with Crippen LogP contribution in [0.2, 0.25) is 0 Å². The van der Waals surface area contributed by atoms with Crippen LogP contribution in [-0.2, 0) is 0 Å². The third-order valence-corrected chi connectivity index (χ3v) is 3.78. The van der Waals surface area contributed by atoms with Crippen molar-refractivity contribution in [1.82, 2.24) is 10.2 Å². The van der Waals surface area contributed by atoms with E-state index in [1.807, 2.05) is 25.1 Å². The zero-order valence-electron chi connectivity index (χ0n) is 11.9. The summed E-state index contributed by atoms with van der Waals surface area (Å²) < 4.78 is 5.22. The van der Waals surface area contributed by atoms with Crippen LogP contribution in [0.25, 0.3) is 0 Å². The Kier molecular flexibility index (Phi) is 4.56. The van der Waals surface area contributed by atoms with Crippen LogP contribution in [0.5, 0.6) is 5.75 Å². The van der Waals surface area contributed by atoms with Crippen LogP contribution < -0.4 is 10.1 Å². The van der Waals surface area contributed by atoms with Crippen molar-refractivity contribution in [3.05, 3.63) is 29.3 Å². The standard InChI is InChI=1S/C15H22N2O2/c1-11-8-12(4-5-15(11)19-3)14(18)9-13-10-16-6-7-17(13)2/h4-5,8,13,16H,6-7,9-10H2,1-3H3. The summed E-state index contributed by atoms with van der Waals surface area (Å²) in [7, 11) is 3.73. The third kappa shape index (κ3) is 3.33. The Morgan fingerprint density at radius 3 is 2.95 bits per heavy atom. The predicted molar refractivity (Wildman–Crippen MR) is 76.0 cm³/mol. The summed E-state index contributed by atoms with van der Waals surface area (Å²) in [5.74, 6) is 1.03. The summed E-state index contributed by atoms with van der Waals surface area (Å²) in [6.45, 7) is 4.85. The predicted octanol–water partition coefficient (Wildman–Crippen LogP) is 1.48. The van der Waals surface area contributed by atoms with Gasteiger partial charge in [-0.05, 0) is 37.7 Å². The number of rotatable bonds is 4. The first-order chi connectivity index (χ1) is 9.11. The highest BCUT2D eigenvalue weighted by atomic mass is 16.5. The molecule has 0 amide bonds. The Morgan fingerprint density at radius 1 is 1.53 bits per heavy atom. The van der Waals surface area contributed by atoms with E-state index in [4.69, 9.17) is 4.74 Å². The van der Waals surface area contributed by atoms with Gasteiger partial charge in [0.25, 0.3) is 0 Å². The van der Waals surface area contributed by atoms with Crippen LogP contribution in [0.1, 0.15) is 22.3 Å². The highest BCUT2D eigenvalue weighted by Crippen LogP contribution is 2.20. The number of nitrogens with zero attached hydrogens (tertiary/aromatic N) is 1. The van der Waals surface area contributed by atoms with Gasteiger partial charge in [0.1, 0.15) is 5.75 Å². The second-order valence-corrected chi connectivity index (χ2v) is 5.15. The Bertz CT molecular complexity index is 459. The van der Waals surface area contributed by atoms with Gasteiger partial charge >= 0.3 is 0 Å². The maximum atomic E-state index is 12.3.